The van der Waals surface area contributed by atoms with E-state index in [1.165, 1.54) is 0 Å². The summed E-state index contributed by atoms with van der Waals surface area (Å²) in [7, 11) is -2.50. The van der Waals surface area contributed by atoms with Crippen LogP contribution < -0.4 is 5.19 Å². The van der Waals surface area contributed by atoms with Gasteiger partial charge in [-0.3, -0.25) is 0 Å². The van der Waals surface area contributed by atoms with Crippen molar-refractivity contribution in [3.05, 3.63) is 42.5 Å². The van der Waals surface area contributed by atoms with Crippen molar-refractivity contribution >= 4 is 13.7 Å². The van der Waals surface area contributed by atoms with Gasteiger partial charge in [-0.15, -0.1) is 0 Å². The van der Waals surface area contributed by atoms with Crippen LogP contribution in [0.25, 0.3) is 0 Å². The Morgan fingerprint density at radius 1 is 1.11 bits per heavy atom. The van der Waals surface area contributed by atoms with E-state index in [9.17, 15) is 0 Å². The van der Waals surface area contributed by atoms with Crippen molar-refractivity contribution in [2.45, 2.75) is 20.8 Å². The molecule has 0 radical (unpaired) electrons. The largest absolute Gasteiger partial charge is 0.399 e. The monoisotopic (exact) mass is 280 g/mol. The molecule has 0 atom stereocenters. The van der Waals surface area contributed by atoms with Crippen molar-refractivity contribution in [3.63, 3.8) is 0 Å². The number of benzene rings is 1. The minimum atomic E-state index is -2.50. The van der Waals surface area contributed by atoms with E-state index in [2.05, 4.69) is 18.7 Å². The SMILES string of the molecule is C=C(C)COC[Si](OCC)(OCC)c1ccccc1. The van der Waals surface area contributed by atoms with Crippen LogP contribution in [0.15, 0.2) is 42.5 Å². The lowest BCUT2D eigenvalue weighted by Crippen LogP contribution is -2.58. The van der Waals surface area contributed by atoms with E-state index in [1.54, 1.807) is 0 Å². The van der Waals surface area contributed by atoms with Gasteiger partial charge in [-0.2, -0.15) is 0 Å². The van der Waals surface area contributed by atoms with Crippen molar-refractivity contribution in [3.8, 4) is 0 Å². The van der Waals surface area contributed by atoms with E-state index < -0.39 is 8.56 Å². The van der Waals surface area contributed by atoms with E-state index in [4.69, 9.17) is 13.6 Å². The fourth-order valence-corrected chi connectivity index (χ4v) is 4.65. The molecule has 0 N–H and O–H groups in total. The molecule has 0 aromatic heterocycles. The first-order valence-corrected chi connectivity index (χ1v) is 8.72. The van der Waals surface area contributed by atoms with Gasteiger partial charge in [0.2, 0.25) is 0 Å². The first-order valence-electron chi connectivity index (χ1n) is 6.70. The molecule has 0 aliphatic heterocycles. The molecular weight excluding hydrogens is 256 g/mol. The molecule has 0 heterocycles. The highest BCUT2D eigenvalue weighted by Gasteiger charge is 2.40. The molecule has 19 heavy (non-hydrogen) atoms. The van der Waals surface area contributed by atoms with Gasteiger partial charge in [0.25, 0.3) is 0 Å². The zero-order chi connectivity index (χ0) is 14.1. The van der Waals surface area contributed by atoms with Crippen LogP contribution in [0.5, 0.6) is 0 Å². The Labute approximate surface area is 117 Å². The molecule has 0 aliphatic carbocycles. The van der Waals surface area contributed by atoms with Gasteiger partial charge in [-0.1, -0.05) is 42.5 Å². The maximum absolute atomic E-state index is 6.00. The Bertz CT molecular complexity index is 372. The summed E-state index contributed by atoms with van der Waals surface area (Å²) in [5, 5.41) is 1.11. The number of hydrogen-bond donors (Lipinski definition) is 0. The molecule has 0 aliphatic rings. The molecule has 1 rings (SSSR count). The summed E-state index contributed by atoms with van der Waals surface area (Å²) in [6.45, 7) is 11.6. The summed E-state index contributed by atoms with van der Waals surface area (Å²) in [5.41, 5.74) is 1.00. The molecule has 1 aromatic carbocycles. The van der Waals surface area contributed by atoms with Crippen LogP contribution in [-0.4, -0.2) is 34.6 Å². The van der Waals surface area contributed by atoms with Gasteiger partial charge >= 0.3 is 8.56 Å². The van der Waals surface area contributed by atoms with E-state index in [1.807, 2.05) is 39.0 Å². The van der Waals surface area contributed by atoms with Crippen molar-refractivity contribution in [1.29, 1.82) is 0 Å². The summed E-state index contributed by atoms with van der Waals surface area (Å²) in [5.74, 6) is 0. The second-order valence-electron chi connectivity index (χ2n) is 4.43. The molecule has 1 aromatic rings. The number of hydrogen-bond acceptors (Lipinski definition) is 3. The quantitative estimate of drug-likeness (QED) is 0.514. The average Bonchev–Trinajstić information content (AvgIpc) is 2.39. The fraction of sp³-hybridized carbons (Fsp3) is 0.467. The van der Waals surface area contributed by atoms with Gasteiger partial charge in [-0.05, 0) is 26.0 Å². The Kier molecular flexibility index (Phi) is 7.01. The van der Waals surface area contributed by atoms with Gasteiger partial charge in [0.15, 0.2) is 0 Å². The zero-order valence-electron chi connectivity index (χ0n) is 12.1. The number of rotatable bonds is 9. The van der Waals surface area contributed by atoms with Crippen LogP contribution in [0.3, 0.4) is 0 Å². The maximum Gasteiger partial charge on any atom is 0.399 e. The van der Waals surface area contributed by atoms with Gasteiger partial charge < -0.3 is 13.6 Å². The van der Waals surface area contributed by atoms with E-state index >= 15 is 0 Å². The lowest BCUT2D eigenvalue weighted by Gasteiger charge is -2.30. The third kappa shape index (κ3) is 4.91. The molecule has 4 heteroatoms. The van der Waals surface area contributed by atoms with Gasteiger partial charge in [-0.25, -0.2) is 0 Å². The predicted octanol–water partition coefficient (Wildman–Crippen LogP) is 2.54. The van der Waals surface area contributed by atoms with Crippen LogP contribution >= 0.6 is 0 Å². The zero-order valence-corrected chi connectivity index (χ0v) is 13.1. The second kappa shape index (κ2) is 8.27. The summed E-state index contributed by atoms with van der Waals surface area (Å²) < 4.78 is 17.7. The van der Waals surface area contributed by atoms with Gasteiger partial charge in [0.1, 0.15) is 0 Å². The highest BCUT2D eigenvalue weighted by atomic mass is 28.4. The standard InChI is InChI=1S/C15H24O3Si/c1-5-17-19(18-6-2,13-16-12-14(3)4)15-10-8-7-9-11-15/h7-11H,3,5-6,12-13H2,1-2,4H3. The van der Waals surface area contributed by atoms with Crippen molar-refractivity contribution in [2.75, 3.05) is 26.1 Å². The predicted molar refractivity (Wildman–Crippen MR) is 80.7 cm³/mol. The van der Waals surface area contributed by atoms with Crippen molar-refractivity contribution < 1.29 is 13.6 Å². The van der Waals surface area contributed by atoms with Crippen LogP contribution in [0.2, 0.25) is 0 Å². The molecule has 106 valence electrons. The smallest absolute Gasteiger partial charge is 0.390 e. The molecule has 0 saturated heterocycles. The molecule has 0 bridgehead atoms. The second-order valence-corrected chi connectivity index (χ2v) is 7.38. The highest BCUT2D eigenvalue weighted by molar-refractivity contribution is 6.81. The normalized spacial score (nSPS) is 11.5. The van der Waals surface area contributed by atoms with Crippen LogP contribution in [-0.2, 0) is 13.6 Å². The Balaban J connectivity index is 2.89. The molecule has 0 unspecified atom stereocenters. The molecular formula is C15H24O3Si. The summed E-state index contributed by atoms with van der Waals surface area (Å²) in [4.78, 5) is 0. The van der Waals surface area contributed by atoms with E-state index in [0.717, 1.165) is 10.8 Å². The first kappa shape index (κ1) is 16.1. The number of ether oxygens (including phenoxy) is 1. The third-order valence-corrected chi connectivity index (χ3v) is 5.92. The Morgan fingerprint density at radius 3 is 2.16 bits per heavy atom. The lowest BCUT2D eigenvalue weighted by molar-refractivity contribution is 0.125. The minimum Gasteiger partial charge on any atom is -0.390 e. The fourth-order valence-electron chi connectivity index (χ4n) is 1.89. The van der Waals surface area contributed by atoms with Crippen LogP contribution in [0.1, 0.15) is 20.8 Å². The first-order chi connectivity index (χ1) is 9.14. The summed E-state index contributed by atoms with van der Waals surface area (Å²) in [6, 6.07) is 10.1. The highest BCUT2D eigenvalue weighted by Crippen LogP contribution is 2.10. The molecule has 0 saturated carbocycles. The molecule has 0 fully saturated rings. The van der Waals surface area contributed by atoms with Gasteiger partial charge in [0, 0.05) is 13.2 Å². The minimum absolute atomic E-state index is 0.492. The molecule has 3 nitrogen and oxygen atoms in total. The molecule has 0 spiro atoms. The molecule has 0 amide bonds. The Hall–Kier alpha value is -0.943. The lowest BCUT2D eigenvalue weighted by atomic mass is 10.4. The van der Waals surface area contributed by atoms with Crippen molar-refractivity contribution in [2.24, 2.45) is 0 Å². The third-order valence-electron chi connectivity index (χ3n) is 2.61. The van der Waals surface area contributed by atoms with E-state index in [-0.39, 0.29) is 0 Å². The maximum atomic E-state index is 6.00. The average molecular weight is 280 g/mol. The van der Waals surface area contributed by atoms with Crippen LogP contribution in [0, 0.1) is 0 Å². The van der Waals surface area contributed by atoms with Crippen molar-refractivity contribution in [1.82, 2.24) is 0 Å². The summed E-state index contributed by atoms with van der Waals surface area (Å²) >= 11 is 0. The summed E-state index contributed by atoms with van der Waals surface area (Å²) in [6.07, 6.45) is 0.492. The topological polar surface area (TPSA) is 27.7 Å². The van der Waals surface area contributed by atoms with Crippen LogP contribution in [0.4, 0.5) is 0 Å². The van der Waals surface area contributed by atoms with Gasteiger partial charge in [0.05, 0.1) is 12.8 Å². The Morgan fingerprint density at radius 2 is 1.68 bits per heavy atom. The van der Waals surface area contributed by atoms with E-state index in [0.29, 0.717) is 26.1 Å².